The van der Waals surface area contributed by atoms with Crippen molar-refractivity contribution in [2.75, 3.05) is 11.6 Å². The van der Waals surface area contributed by atoms with Crippen molar-refractivity contribution in [3.8, 4) is 0 Å². The van der Waals surface area contributed by atoms with Crippen molar-refractivity contribution in [1.29, 1.82) is 0 Å². The molecule has 29 heavy (non-hydrogen) atoms. The van der Waals surface area contributed by atoms with Crippen LogP contribution in [0.15, 0.2) is 47.6 Å². The van der Waals surface area contributed by atoms with E-state index in [0.29, 0.717) is 17.3 Å². The van der Waals surface area contributed by atoms with Crippen molar-refractivity contribution < 1.29 is 12.8 Å². The number of rotatable bonds is 4. The Balaban J connectivity index is 1.73. The summed E-state index contributed by atoms with van der Waals surface area (Å²) in [4.78, 5) is 12.5. The maximum atomic E-state index is 14.6. The number of allylic oxidation sites excluding steroid dienone is 1. The first-order chi connectivity index (χ1) is 13.8. The highest BCUT2D eigenvalue weighted by Crippen LogP contribution is 2.36. The third-order valence-corrected chi connectivity index (χ3v) is 6.08. The summed E-state index contributed by atoms with van der Waals surface area (Å²) in [6, 6.07) is 5.99. The van der Waals surface area contributed by atoms with Crippen LogP contribution in [-0.2, 0) is 16.3 Å². The highest BCUT2D eigenvalue weighted by Gasteiger charge is 2.22. The minimum atomic E-state index is -3.70. The molecule has 1 aromatic carbocycles. The van der Waals surface area contributed by atoms with Gasteiger partial charge in [0.2, 0.25) is 5.95 Å². The zero-order chi connectivity index (χ0) is 20.8. The Labute approximate surface area is 172 Å². The molecule has 6 nitrogen and oxygen atoms in total. The lowest BCUT2D eigenvalue weighted by atomic mass is 10.0. The fraction of sp³-hybridized carbons (Fsp3) is 0.150. The van der Waals surface area contributed by atoms with E-state index >= 15 is 0 Å². The first-order valence-corrected chi connectivity index (χ1v) is 11.0. The van der Waals surface area contributed by atoms with Crippen molar-refractivity contribution in [1.82, 2.24) is 15.0 Å². The molecule has 0 atom stereocenters. The molecule has 0 aliphatic heterocycles. The molecule has 0 spiro atoms. The number of aromatic nitrogens is 3. The van der Waals surface area contributed by atoms with Crippen molar-refractivity contribution >= 4 is 38.6 Å². The molecule has 0 radical (unpaired) electrons. The number of fused-ring (bicyclic) bond motifs is 1. The van der Waals surface area contributed by atoms with Crippen molar-refractivity contribution in [2.45, 2.75) is 18.2 Å². The van der Waals surface area contributed by atoms with Gasteiger partial charge in [0, 0.05) is 29.8 Å². The molecule has 0 saturated carbocycles. The molecule has 148 valence electrons. The Bertz CT molecular complexity index is 1280. The normalized spacial score (nSPS) is 13.2. The summed E-state index contributed by atoms with van der Waals surface area (Å²) in [6.45, 7) is 1.88. The molecule has 1 aliphatic carbocycles. The predicted octanol–water partition coefficient (Wildman–Crippen LogP) is 4.11. The molecule has 1 aliphatic rings. The zero-order valence-electron chi connectivity index (χ0n) is 15.6. The van der Waals surface area contributed by atoms with Gasteiger partial charge >= 0.3 is 0 Å². The van der Waals surface area contributed by atoms with E-state index in [0.717, 1.165) is 28.5 Å². The molecular weight excluding hydrogens is 415 g/mol. The topological polar surface area (TPSA) is 84.8 Å². The van der Waals surface area contributed by atoms with Crippen LogP contribution in [0.25, 0.3) is 5.57 Å². The molecule has 2 aromatic heterocycles. The molecule has 0 bridgehead atoms. The molecule has 2 heterocycles. The number of hydrogen-bond acceptors (Lipinski definition) is 6. The predicted molar refractivity (Wildman–Crippen MR) is 110 cm³/mol. The zero-order valence-corrected chi connectivity index (χ0v) is 17.1. The van der Waals surface area contributed by atoms with Gasteiger partial charge in [-0.1, -0.05) is 23.7 Å². The SMILES string of the molecule is Cc1cnc(Nc2cccc(S(C)(=O)=O)c2F)nc1C1=CCc2c1ccnc2Cl. The lowest BCUT2D eigenvalue weighted by Crippen LogP contribution is -2.06. The lowest BCUT2D eigenvalue weighted by molar-refractivity contribution is 0.573. The van der Waals surface area contributed by atoms with Gasteiger partial charge in [0.05, 0.1) is 11.4 Å². The van der Waals surface area contributed by atoms with Crippen LogP contribution in [0.2, 0.25) is 5.15 Å². The second-order valence-corrected chi connectivity index (χ2v) is 9.03. The smallest absolute Gasteiger partial charge is 0.227 e. The summed E-state index contributed by atoms with van der Waals surface area (Å²) < 4.78 is 38.2. The molecule has 4 rings (SSSR count). The standard InChI is InChI=1S/C20H16ClFN4O2S/c1-11-10-24-20(25-15-4-3-5-16(17(15)22)29(2,27)28)26-18(11)13-6-7-14-12(13)8-9-23-19(14)21/h3-6,8-10H,7H2,1-2H3,(H,24,25,26). The second kappa shape index (κ2) is 7.20. The minimum absolute atomic E-state index is 0.0178. The Morgan fingerprint density at radius 1 is 1.21 bits per heavy atom. The van der Waals surface area contributed by atoms with Gasteiger partial charge in [-0.25, -0.2) is 27.8 Å². The van der Waals surface area contributed by atoms with Crippen LogP contribution in [0.4, 0.5) is 16.0 Å². The summed E-state index contributed by atoms with van der Waals surface area (Å²) in [7, 11) is -3.70. The summed E-state index contributed by atoms with van der Waals surface area (Å²) in [6.07, 6.45) is 6.89. The summed E-state index contributed by atoms with van der Waals surface area (Å²) in [5.74, 6) is -0.714. The van der Waals surface area contributed by atoms with Crippen molar-refractivity contribution in [2.24, 2.45) is 0 Å². The fourth-order valence-electron chi connectivity index (χ4n) is 3.24. The molecule has 0 saturated heterocycles. The Morgan fingerprint density at radius 2 is 2.00 bits per heavy atom. The van der Waals surface area contributed by atoms with Crippen LogP contribution in [0.3, 0.4) is 0 Å². The number of benzene rings is 1. The first kappa shape index (κ1) is 19.5. The first-order valence-electron chi connectivity index (χ1n) is 8.69. The van der Waals surface area contributed by atoms with Gasteiger partial charge in [0.25, 0.3) is 0 Å². The summed E-state index contributed by atoms with van der Waals surface area (Å²) >= 11 is 6.19. The fourth-order valence-corrected chi connectivity index (χ4v) is 4.24. The molecule has 1 N–H and O–H groups in total. The van der Waals surface area contributed by atoms with Gasteiger partial charge in [-0.05, 0) is 42.7 Å². The third kappa shape index (κ3) is 3.61. The summed E-state index contributed by atoms with van der Waals surface area (Å²) in [5, 5.41) is 3.24. The molecule has 9 heteroatoms. The molecule has 0 amide bonds. The average Bonchev–Trinajstić information content (AvgIpc) is 3.09. The van der Waals surface area contributed by atoms with E-state index in [-0.39, 0.29) is 16.5 Å². The number of halogens is 2. The van der Waals surface area contributed by atoms with Gasteiger partial charge in [0.15, 0.2) is 15.7 Å². The van der Waals surface area contributed by atoms with Gasteiger partial charge in [-0.15, -0.1) is 0 Å². The van der Waals surface area contributed by atoms with E-state index < -0.39 is 15.7 Å². The van der Waals surface area contributed by atoms with Crippen molar-refractivity contribution in [3.05, 3.63) is 76.1 Å². The maximum absolute atomic E-state index is 14.6. The highest BCUT2D eigenvalue weighted by molar-refractivity contribution is 7.90. The van der Waals surface area contributed by atoms with E-state index in [1.807, 2.05) is 19.1 Å². The van der Waals surface area contributed by atoms with E-state index in [4.69, 9.17) is 11.6 Å². The largest absolute Gasteiger partial charge is 0.322 e. The van der Waals surface area contributed by atoms with E-state index in [1.165, 1.54) is 18.2 Å². The van der Waals surface area contributed by atoms with Gasteiger partial charge < -0.3 is 5.32 Å². The second-order valence-electron chi connectivity index (χ2n) is 6.69. The molecule has 0 fully saturated rings. The number of hydrogen-bond donors (Lipinski definition) is 1. The van der Waals surface area contributed by atoms with E-state index in [1.54, 1.807) is 12.4 Å². The number of pyridine rings is 1. The number of anilines is 2. The number of nitrogens with zero attached hydrogens (tertiary/aromatic N) is 3. The highest BCUT2D eigenvalue weighted by atomic mass is 35.5. The molecule has 3 aromatic rings. The van der Waals surface area contributed by atoms with Crippen LogP contribution in [-0.4, -0.2) is 29.6 Å². The third-order valence-electron chi connectivity index (χ3n) is 4.64. The number of sulfone groups is 1. The number of aryl methyl sites for hydroxylation is 1. The van der Waals surface area contributed by atoms with E-state index in [2.05, 4.69) is 20.3 Å². The Kier molecular flexibility index (Phi) is 4.84. The van der Waals surface area contributed by atoms with Crippen LogP contribution >= 0.6 is 11.6 Å². The van der Waals surface area contributed by atoms with Gasteiger partial charge in [-0.3, -0.25) is 0 Å². The lowest BCUT2D eigenvalue weighted by Gasteiger charge is -2.12. The molecular formula is C20H16ClFN4O2S. The minimum Gasteiger partial charge on any atom is -0.322 e. The van der Waals surface area contributed by atoms with Crippen LogP contribution in [0.1, 0.15) is 22.4 Å². The van der Waals surface area contributed by atoms with Crippen LogP contribution < -0.4 is 5.32 Å². The van der Waals surface area contributed by atoms with Gasteiger partial charge in [-0.2, -0.15) is 0 Å². The summed E-state index contributed by atoms with van der Waals surface area (Å²) in [5.41, 5.74) is 4.29. The van der Waals surface area contributed by atoms with Crippen LogP contribution in [0.5, 0.6) is 0 Å². The van der Waals surface area contributed by atoms with Crippen molar-refractivity contribution in [3.63, 3.8) is 0 Å². The monoisotopic (exact) mass is 430 g/mol. The maximum Gasteiger partial charge on any atom is 0.227 e. The van der Waals surface area contributed by atoms with Gasteiger partial charge in [0.1, 0.15) is 10.0 Å². The van der Waals surface area contributed by atoms with E-state index in [9.17, 15) is 12.8 Å². The molecule has 0 unspecified atom stereocenters. The number of nitrogens with one attached hydrogen (secondary N) is 1. The Morgan fingerprint density at radius 3 is 2.76 bits per heavy atom. The average molecular weight is 431 g/mol. The quantitative estimate of drug-likeness (QED) is 0.627. The Hall–Kier alpha value is -2.84. The van der Waals surface area contributed by atoms with Crippen LogP contribution in [0, 0.1) is 12.7 Å².